The fourth-order valence-electron chi connectivity index (χ4n) is 2.22. The van der Waals surface area contributed by atoms with Crippen LogP contribution in [0.3, 0.4) is 0 Å². The first kappa shape index (κ1) is 12.6. The number of hydrogen-bond acceptors (Lipinski definition) is 2. The number of terminal acetylenes is 1. The van der Waals surface area contributed by atoms with Gasteiger partial charge in [0.2, 0.25) is 5.91 Å². The first-order valence-corrected chi connectivity index (χ1v) is 5.44. The van der Waals surface area contributed by atoms with E-state index in [1.54, 1.807) is 0 Å². The van der Waals surface area contributed by atoms with Gasteiger partial charge in [-0.25, -0.2) is 0 Å². The van der Waals surface area contributed by atoms with Gasteiger partial charge in [-0.1, -0.05) is 25.7 Å². The number of rotatable bonds is 4. The van der Waals surface area contributed by atoms with Crippen molar-refractivity contribution in [2.45, 2.75) is 32.6 Å². The lowest BCUT2D eigenvalue weighted by Gasteiger charge is -2.29. The monoisotopic (exact) mass is 223 g/mol. The van der Waals surface area contributed by atoms with Gasteiger partial charge in [-0.05, 0) is 12.8 Å². The Labute approximate surface area is 95.6 Å². The summed E-state index contributed by atoms with van der Waals surface area (Å²) in [4.78, 5) is 24.1. The van der Waals surface area contributed by atoms with E-state index in [4.69, 9.17) is 11.5 Å². The Bertz CT molecular complexity index is 324. The van der Waals surface area contributed by atoms with Crippen LogP contribution in [0.5, 0.6) is 0 Å². The molecular weight excluding hydrogens is 206 g/mol. The molecule has 0 atom stereocenters. The van der Waals surface area contributed by atoms with E-state index in [0.29, 0.717) is 0 Å². The van der Waals surface area contributed by atoms with Crippen molar-refractivity contribution in [2.75, 3.05) is 13.1 Å². The van der Waals surface area contributed by atoms with Crippen LogP contribution in [0.4, 0.5) is 0 Å². The smallest absolute Gasteiger partial charge is 0.323 e. The van der Waals surface area contributed by atoms with E-state index in [0.717, 1.165) is 25.7 Å². The molecule has 0 heterocycles. The van der Waals surface area contributed by atoms with Crippen molar-refractivity contribution < 1.29 is 14.7 Å². The Morgan fingerprint density at radius 1 is 1.44 bits per heavy atom. The molecule has 1 rings (SSSR count). The molecule has 1 aliphatic rings. The Balaban J connectivity index is 2.74. The molecule has 4 heteroatoms. The second kappa shape index (κ2) is 5.02. The first-order valence-electron chi connectivity index (χ1n) is 5.44. The van der Waals surface area contributed by atoms with Crippen LogP contribution in [-0.2, 0) is 9.59 Å². The molecule has 4 nitrogen and oxygen atoms in total. The molecule has 0 aliphatic heterocycles. The van der Waals surface area contributed by atoms with Gasteiger partial charge in [0.05, 0.1) is 6.54 Å². The summed E-state index contributed by atoms with van der Waals surface area (Å²) in [5, 5.41) is 8.72. The summed E-state index contributed by atoms with van der Waals surface area (Å²) in [5.41, 5.74) is -0.410. The van der Waals surface area contributed by atoms with Gasteiger partial charge >= 0.3 is 5.97 Å². The van der Waals surface area contributed by atoms with E-state index in [9.17, 15) is 9.59 Å². The van der Waals surface area contributed by atoms with Crippen LogP contribution >= 0.6 is 0 Å². The molecule has 0 spiro atoms. The number of aliphatic carboxylic acids is 1. The average molecular weight is 223 g/mol. The van der Waals surface area contributed by atoms with Crippen molar-refractivity contribution >= 4 is 11.9 Å². The van der Waals surface area contributed by atoms with Crippen molar-refractivity contribution in [3.05, 3.63) is 0 Å². The van der Waals surface area contributed by atoms with E-state index < -0.39 is 11.4 Å². The number of carboxylic acid groups (broad SMARTS) is 1. The van der Waals surface area contributed by atoms with Crippen molar-refractivity contribution in [2.24, 2.45) is 5.41 Å². The number of carbonyl (C=O) groups is 2. The fourth-order valence-corrected chi connectivity index (χ4v) is 2.22. The third-order valence-electron chi connectivity index (χ3n) is 3.12. The highest BCUT2D eigenvalue weighted by Crippen LogP contribution is 2.39. The molecule has 0 aromatic rings. The van der Waals surface area contributed by atoms with E-state index in [1.165, 1.54) is 4.90 Å². The third-order valence-corrected chi connectivity index (χ3v) is 3.12. The van der Waals surface area contributed by atoms with Gasteiger partial charge in [-0.3, -0.25) is 9.59 Å². The topological polar surface area (TPSA) is 57.6 Å². The van der Waals surface area contributed by atoms with Crippen molar-refractivity contribution in [3.8, 4) is 12.3 Å². The van der Waals surface area contributed by atoms with Crippen LogP contribution in [0.15, 0.2) is 0 Å². The first-order chi connectivity index (χ1) is 7.49. The molecule has 1 fully saturated rings. The maximum absolute atomic E-state index is 12.2. The molecule has 16 heavy (non-hydrogen) atoms. The molecule has 1 aliphatic carbocycles. The number of hydrogen-bond donors (Lipinski definition) is 1. The van der Waals surface area contributed by atoms with Gasteiger partial charge in [0.25, 0.3) is 0 Å². The van der Waals surface area contributed by atoms with Gasteiger partial charge in [-0.2, -0.15) is 0 Å². The minimum absolute atomic E-state index is 0.0702. The van der Waals surface area contributed by atoms with Crippen LogP contribution in [0.25, 0.3) is 0 Å². The molecule has 88 valence electrons. The van der Waals surface area contributed by atoms with Gasteiger partial charge in [0, 0.05) is 5.41 Å². The highest BCUT2D eigenvalue weighted by Gasteiger charge is 2.39. The molecule has 0 aromatic heterocycles. The summed E-state index contributed by atoms with van der Waals surface area (Å²) in [6, 6.07) is 0. The average Bonchev–Trinajstić information content (AvgIpc) is 2.64. The quantitative estimate of drug-likeness (QED) is 0.726. The summed E-state index contributed by atoms with van der Waals surface area (Å²) in [6.07, 6.45) is 8.85. The second-order valence-electron chi connectivity index (χ2n) is 4.53. The molecule has 1 saturated carbocycles. The van der Waals surface area contributed by atoms with Gasteiger partial charge in [0.15, 0.2) is 0 Å². The molecule has 1 N–H and O–H groups in total. The maximum atomic E-state index is 12.2. The Morgan fingerprint density at radius 2 is 2.00 bits per heavy atom. The van der Waals surface area contributed by atoms with Gasteiger partial charge in [0.1, 0.15) is 6.54 Å². The molecular formula is C12H17NO3. The SMILES string of the molecule is C#CCN(CC(=O)O)C(=O)C1(C)CCCC1. The highest BCUT2D eigenvalue weighted by atomic mass is 16.4. The molecule has 0 unspecified atom stereocenters. The third kappa shape index (κ3) is 2.75. The summed E-state index contributed by atoms with van der Waals surface area (Å²) >= 11 is 0. The predicted octanol–water partition coefficient (Wildman–Crippen LogP) is 1.11. The van der Waals surface area contributed by atoms with Crippen LogP contribution in [0.1, 0.15) is 32.6 Å². The van der Waals surface area contributed by atoms with Crippen LogP contribution < -0.4 is 0 Å². The zero-order valence-electron chi connectivity index (χ0n) is 9.53. The number of carboxylic acids is 1. The summed E-state index contributed by atoms with van der Waals surface area (Å²) < 4.78 is 0. The van der Waals surface area contributed by atoms with Gasteiger partial charge < -0.3 is 10.0 Å². The van der Waals surface area contributed by atoms with Crippen molar-refractivity contribution in [3.63, 3.8) is 0 Å². The zero-order chi connectivity index (χ0) is 12.2. The van der Waals surface area contributed by atoms with Gasteiger partial charge in [-0.15, -0.1) is 6.42 Å². The minimum Gasteiger partial charge on any atom is -0.480 e. The molecule has 0 radical (unpaired) electrons. The Morgan fingerprint density at radius 3 is 2.44 bits per heavy atom. The highest BCUT2D eigenvalue weighted by molar-refractivity contribution is 5.86. The molecule has 0 bridgehead atoms. The Kier molecular flexibility index (Phi) is 3.94. The van der Waals surface area contributed by atoms with Crippen molar-refractivity contribution in [1.82, 2.24) is 4.90 Å². The Hall–Kier alpha value is -1.50. The lowest BCUT2D eigenvalue weighted by molar-refractivity contribution is -0.148. The van der Waals surface area contributed by atoms with E-state index in [2.05, 4.69) is 5.92 Å². The standard InChI is InChI=1S/C12H17NO3/c1-3-8-13(9-10(14)15)11(16)12(2)6-4-5-7-12/h1H,4-9H2,2H3,(H,14,15). The summed E-state index contributed by atoms with van der Waals surface area (Å²) in [7, 11) is 0. The maximum Gasteiger partial charge on any atom is 0.323 e. The lowest BCUT2D eigenvalue weighted by atomic mass is 9.87. The number of carbonyl (C=O) groups excluding carboxylic acids is 1. The molecule has 0 saturated heterocycles. The predicted molar refractivity (Wildman–Crippen MR) is 59.6 cm³/mol. The van der Waals surface area contributed by atoms with Crippen LogP contribution in [-0.4, -0.2) is 35.0 Å². The van der Waals surface area contributed by atoms with Crippen LogP contribution in [0, 0.1) is 17.8 Å². The van der Waals surface area contributed by atoms with E-state index in [-0.39, 0.29) is 19.0 Å². The largest absolute Gasteiger partial charge is 0.480 e. The van der Waals surface area contributed by atoms with Crippen molar-refractivity contribution in [1.29, 1.82) is 0 Å². The summed E-state index contributed by atoms with van der Waals surface area (Å²) in [6.45, 7) is 1.66. The van der Waals surface area contributed by atoms with E-state index in [1.807, 2.05) is 6.92 Å². The fraction of sp³-hybridized carbons (Fsp3) is 0.667. The van der Waals surface area contributed by atoms with E-state index >= 15 is 0 Å². The molecule has 0 aromatic carbocycles. The lowest BCUT2D eigenvalue weighted by Crippen LogP contribution is -2.43. The summed E-state index contributed by atoms with van der Waals surface area (Å²) in [5.74, 6) is 1.19. The normalized spacial score (nSPS) is 17.8. The zero-order valence-corrected chi connectivity index (χ0v) is 9.53. The minimum atomic E-state index is -1.02. The second-order valence-corrected chi connectivity index (χ2v) is 4.53. The number of nitrogens with zero attached hydrogens (tertiary/aromatic N) is 1. The van der Waals surface area contributed by atoms with Crippen LogP contribution in [0.2, 0.25) is 0 Å². The number of amides is 1. The molecule has 1 amide bonds.